The number of aliphatic hydroxyl groups is 1. The third-order valence-electron chi connectivity index (χ3n) is 2.54. The molecule has 1 heterocycles. The maximum atomic E-state index is 13.2. The Morgan fingerprint density at radius 1 is 1.39 bits per heavy atom. The Morgan fingerprint density at radius 2 is 2.22 bits per heavy atom. The summed E-state index contributed by atoms with van der Waals surface area (Å²) in [5, 5.41) is 9.58. The van der Waals surface area contributed by atoms with E-state index in [1.54, 1.807) is 25.4 Å². The molecule has 2 rings (SSSR count). The number of hydrogen-bond acceptors (Lipinski definition) is 3. The number of benzene rings is 1. The van der Waals surface area contributed by atoms with Gasteiger partial charge in [-0.15, -0.1) is 0 Å². The van der Waals surface area contributed by atoms with Crippen LogP contribution < -0.4 is 4.74 Å². The predicted molar refractivity (Wildman–Crippen MR) is 65.6 cm³/mol. The second kappa shape index (κ2) is 5.60. The van der Waals surface area contributed by atoms with Gasteiger partial charge in [-0.25, -0.2) is 4.39 Å². The summed E-state index contributed by atoms with van der Waals surface area (Å²) in [5.74, 6) is -0.0329. The van der Waals surface area contributed by atoms with Crippen LogP contribution in [0.15, 0.2) is 42.7 Å². The molecule has 1 atom stereocenters. The molecule has 0 aliphatic carbocycles. The molecule has 0 fully saturated rings. The van der Waals surface area contributed by atoms with Gasteiger partial charge < -0.3 is 9.84 Å². The second-order valence-electron chi connectivity index (χ2n) is 4.01. The Kier molecular flexibility index (Phi) is 3.89. The fourth-order valence-corrected chi connectivity index (χ4v) is 1.62. The van der Waals surface area contributed by atoms with E-state index in [1.165, 1.54) is 18.2 Å². The summed E-state index contributed by atoms with van der Waals surface area (Å²) in [4.78, 5) is 3.97. The molecule has 4 heteroatoms. The molecule has 94 valence electrons. The summed E-state index contributed by atoms with van der Waals surface area (Å²) in [7, 11) is 0. The molecular formula is C14H14FNO2. The summed E-state index contributed by atoms with van der Waals surface area (Å²) in [6.07, 6.45) is 2.66. The standard InChI is InChI=1S/C14H14FNO2/c1-10(17)13-5-4-12(15)7-14(13)18-9-11-3-2-6-16-8-11/h2-8,10,17H,9H2,1H3/t10-/m1/s1. The molecule has 0 aliphatic heterocycles. The molecule has 0 spiro atoms. The van der Waals surface area contributed by atoms with Gasteiger partial charge in [0.2, 0.25) is 0 Å². The van der Waals surface area contributed by atoms with Crippen molar-refractivity contribution in [3.8, 4) is 5.75 Å². The van der Waals surface area contributed by atoms with E-state index in [1.807, 2.05) is 6.07 Å². The van der Waals surface area contributed by atoms with E-state index in [0.29, 0.717) is 11.3 Å². The lowest BCUT2D eigenvalue weighted by molar-refractivity contribution is 0.190. The molecule has 0 bridgehead atoms. The van der Waals surface area contributed by atoms with E-state index >= 15 is 0 Å². The van der Waals surface area contributed by atoms with Gasteiger partial charge >= 0.3 is 0 Å². The van der Waals surface area contributed by atoms with Crippen molar-refractivity contribution in [2.75, 3.05) is 0 Å². The zero-order chi connectivity index (χ0) is 13.0. The van der Waals surface area contributed by atoms with E-state index in [0.717, 1.165) is 5.56 Å². The third kappa shape index (κ3) is 3.05. The van der Waals surface area contributed by atoms with Gasteiger partial charge in [0.1, 0.15) is 18.2 Å². The molecule has 0 saturated carbocycles. The highest BCUT2D eigenvalue weighted by Crippen LogP contribution is 2.26. The first-order valence-electron chi connectivity index (χ1n) is 5.66. The lowest BCUT2D eigenvalue weighted by Gasteiger charge is -2.13. The Morgan fingerprint density at radius 3 is 2.89 bits per heavy atom. The first-order chi connectivity index (χ1) is 8.66. The smallest absolute Gasteiger partial charge is 0.128 e. The highest BCUT2D eigenvalue weighted by atomic mass is 19.1. The molecule has 0 unspecified atom stereocenters. The van der Waals surface area contributed by atoms with Crippen LogP contribution in [0.25, 0.3) is 0 Å². The van der Waals surface area contributed by atoms with Gasteiger partial charge in [-0.3, -0.25) is 4.98 Å². The van der Waals surface area contributed by atoms with E-state index < -0.39 is 6.10 Å². The van der Waals surface area contributed by atoms with Crippen LogP contribution in [0.2, 0.25) is 0 Å². The van der Waals surface area contributed by atoms with Gasteiger partial charge in [-0.1, -0.05) is 6.07 Å². The van der Waals surface area contributed by atoms with Gasteiger partial charge in [0.15, 0.2) is 0 Å². The van der Waals surface area contributed by atoms with Gasteiger partial charge in [-0.05, 0) is 25.1 Å². The maximum absolute atomic E-state index is 13.2. The van der Waals surface area contributed by atoms with Crippen molar-refractivity contribution in [2.24, 2.45) is 0 Å². The number of nitrogens with zero attached hydrogens (tertiary/aromatic N) is 1. The Labute approximate surface area is 105 Å². The fourth-order valence-electron chi connectivity index (χ4n) is 1.62. The van der Waals surface area contributed by atoms with Crippen LogP contribution in [-0.4, -0.2) is 10.1 Å². The van der Waals surface area contributed by atoms with Crippen LogP contribution in [0.5, 0.6) is 5.75 Å². The van der Waals surface area contributed by atoms with E-state index in [9.17, 15) is 9.50 Å². The highest BCUT2D eigenvalue weighted by molar-refractivity contribution is 5.35. The summed E-state index contributed by atoms with van der Waals surface area (Å²) in [5.41, 5.74) is 1.46. The van der Waals surface area contributed by atoms with Crippen LogP contribution in [0, 0.1) is 5.82 Å². The number of pyridine rings is 1. The average molecular weight is 247 g/mol. The molecule has 18 heavy (non-hydrogen) atoms. The SMILES string of the molecule is C[C@@H](O)c1ccc(F)cc1OCc1cccnc1. The van der Waals surface area contributed by atoms with Crippen molar-refractivity contribution >= 4 is 0 Å². The molecule has 1 aromatic heterocycles. The number of halogens is 1. The number of hydrogen-bond donors (Lipinski definition) is 1. The molecule has 3 nitrogen and oxygen atoms in total. The van der Waals surface area contributed by atoms with Crippen LogP contribution >= 0.6 is 0 Å². The van der Waals surface area contributed by atoms with Gasteiger partial charge in [0.05, 0.1) is 6.10 Å². The minimum Gasteiger partial charge on any atom is -0.488 e. The van der Waals surface area contributed by atoms with Crippen molar-refractivity contribution in [3.05, 3.63) is 59.7 Å². The van der Waals surface area contributed by atoms with Crippen molar-refractivity contribution < 1.29 is 14.2 Å². The normalized spacial score (nSPS) is 12.2. The highest BCUT2D eigenvalue weighted by Gasteiger charge is 2.10. The largest absolute Gasteiger partial charge is 0.488 e. The average Bonchev–Trinajstić information content (AvgIpc) is 2.37. The summed E-state index contributed by atoms with van der Waals surface area (Å²) >= 11 is 0. The topological polar surface area (TPSA) is 42.4 Å². The third-order valence-corrected chi connectivity index (χ3v) is 2.54. The van der Waals surface area contributed by atoms with Gasteiger partial charge in [-0.2, -0.15) is 0 Å². The van der Waals surface area contributed by atoms with Crippen molar-refractivity contribution in [1.82, 2.24) is 4.98 Å². The quantitative estimate of drug-likeness (QED) is 0.903. The number of rotatable bonds is 4. The van der Waals surface area contributed by atoms with E-state index in [4.69, 9.17) is 4.74 Å². The minimum atomic E-state index is -0.700. The van der Waals surface area contributed by atoms with E-state index in [-0.39, 0.29) is 12.4 Å². The molecular weight excluding hydrogens is 233 g/mol. The number of aromatic nitrogens is 1. The van der Waals surface area contributed by atoms with Crippen LogP contribution in [0.4, 0.5) is 4.39 Å². The molecule has 2 aromatic rings. The molecule has 0 saturated heterocycles. The fraction of sp³-hybridized carbons (Fsp3) is 0.214. The summed E-state index contributed by atoms with van der Waals surface area (Å²) in [6.45, 7) is 1.90. The first-order valence-corrected chi connectivity index (χ1v) is 5.66. The van der Waals surface area contributed by atoms with Crippen LogP contribution in [0.1, 0.15) is 24.2 Å². The monoisotopic (exact) mass is 247 g/mol. The van der Waals surface area contributed by atoms with Gasteiger partial charge in [0.25, 0.3) is 0 Å². The Hall–Kier alpha value is -1.94. The molecule has 0 amide bonds. The molecule has 1 N–H and O–H groups in total. The Balaban J connectivity index is 2.15. The van der Waals surface area contributed by atoms with Gasteiger partial charge in [0, 0.05) is 29.6 Å². The minimum absolute atomic E-state index is 0.289. The summed E-state index contributed by atoms with van der Waals surface area (Å²) in [6, 6.07) is 7.78. The Bertz CT molecular complexity index is 514. The predicted octanol–water partition coefficient (Wildman–Crippen LogP) is 2.85. The van der Waals surface area contributed by atoms with Crippen LogP contribution in [0.3, 0.4) is 0 Å². The number of aliphatic hydroxyl groups excluding tert-OH is 1. The lowest BCUT2D eigenvalue weighted by Crippen LogP contribution is -2.01. The second-order valence-corrected chi connectivity index (χ2v) is 4.01. The van der Waals surface area contributed by atoms with Crippen molar-refractivity contribution in [2.45, 2.75) is 19.6 Å². The number of ether oxygens (including phenoxy) is 1. The van der Waals surface area contributed by atoms with Crippen molar-refractivity contribution in [1.29, 1.82) is 0 Å². The first kappa shape index (κ1) is 12.5. The van der Waals surface area contributed by atoms with E-state index in [2.05, 4.69) is 4.98 Å². The summed E-state index contributed by atoms with van der Waals surface area (Å²) < 4.78 is 18.7. The molecule has 1 aromatic carbocycles. The van der Waals surface area contributed by atoms with Crippen LogP contribution in [-0.2, 0) is 6.61 Å². The zero-order valence-corrected chi connectivity index (χ0v) is 10.0. The van der Waals surface area contributed by atoms with Crippen molar-refractivity contribution in [3.63, 3.8) is 0 Å². The lowest BCUT2D eigenvalue weighted by atomic mass is 10.1. The molecule has 0 radical (unpaired) electrons. The maximum Gasteiger partial charge on any atom is 0.128 e. The molecule has 0 aliphatic rings. The zero-order valence-electron chi connectivity index (χ0n) is 10.0.